The van der Waals surface area contributed by atoms with Crippen molar-refractivity contribution in [1.29, 1.82) is 0 Å². The Morgan fingerprint density at radius 3 is 2.74 bits per heavy atom. The minimum atomic E-state index is 0.665. The molecule has 0 atom stereocenters. The standard InChI is InChI=1S/C16H27N3/c1-6-19(12-14(4)5)16-9-7-8-15(18-16)11-17-10-13(2)3/h7-9,13,17H,4,6,10-12H2,1-3,5H3. The number of hydrogen-bond donors (Lipinski definition) is 1. The third kappa shape index (κ3) is 5.88. The Labute approximate surface area is 117 Å². The predicted octanol–water partition coefficient (Wildman–Crippen LogP) is 3.23. The number of anilines is 1. The second-order valence-corrected chi connectivity index (χ2v) is 5.48. The van der Waals surface area contributed by atoms with Gasteiger partial charge in [0.1, 0.15) is 5.82 Å². The van der Waals surface area contributed by atoms with Crippen LogP contribution in [0.4, 0.5) is 5.82 Å². The minimum Gasteiger partial charge on any atom is -0.353 e. The van der Waals surface area contributed by atoms with Crippen molar-refractivity contribution in [2.75, 3.05) is 24.5 Å². The summed E-state index contributed by atoms with van der Waals surface area (Å²) in [6.45, 7) is 16.3. The van der Waals surface area contributed by atoms with Crippen LogP contribution in [0.5, 0.6) is 0 Å². The molecule has 0 amide bonds. The smallest absolute Gasteiger partial charge is 0.129 e. The summed E-state index contributed by atoms with van der Waals surface area (Å²) in [7, 11) is 0. The molecule has 0 saturated heterocycles. The molecule has 1 rings (SSSR count). The Balaban J connectivity index is 2.66. The highest BCUT2D eigenvalue weighted by molar-refractivity contribution is 5.40. The van der Waals surface area contributed by atoms with E-state index < -0.39 is 0 Å². The van der Waals surface area contributed by atoms with Gasteiger partial charge in [0, 0.05) is 19.6 Å². The summed E-state index contributed by atoms with van der Waals surface area (Å²) in [6.07, 6.45) is 0. The van der Waals surface area contributed by atoms with Crippen molar-refractivity contribution in [3.63, 3.8) is 0 Å². The molecule has 0 unspecified atom stereocenters. The second-order valence-electron chi connectivity index (χ2n) is 5.48. The maximum atomic E-state index is 4.72. The first-order chi connectivity index (χ1) is 9.02. The van der Waals surface area contributed by atoms with Gasteiger partial charge in [-0.05, 0) is 38.4 Å². The molecule has 3 heteroatoms. The van der Waals surface area contributed by atoms with Crippen molar-refractivity contribution in [3.05, 3.63) is 36.0 Å². The van der Waals surface area contributed by atoms with Gasteiger partial charge in [0.25, 0.3) is 0 Å². The monoisotopic (exact) mass is 261 g/mol. The summed E-state index contributed by atoms with van der Waals surface area (Å²) in [5, 5.41) is 3.43. The normalized spacial score (nSPS) is 10.8. The van der Waals surface area contributed by atoms with Gasteiger partial charge in [0.05, 0.1) is 5.69 Å². The van der Waals surface area contributed by atoms with Crippen molar-refractivity contribution in [2.45, 2.75) is 34.2 Å². The lowest BCUT2D eigenvalue weighted by Crippen LogP contribution is -2.26. The topological polar surface area (TPSA) is 28.2 Å². The zero-order chi connectivity index (χ0) is 14.3. The Kier molecular flexibility index (Phi) is 6.57. The van der Waals surface area contributed by atoms with E-state index in [1.807, 2.05) is 0 Å². The van der Waals surface area contributed by atoms with Gasteiger partial charge in [0.2, 0.25) is 0 Å². The molecule has 0 aliphatic rings. The fraction of sp³-hybridized carbons (Fsp3) is 0.562. The van der Waals surface area contributed by atoms with Gasteiger partial charge in [0.15, 0.2) is 0 Å². The van der Waals surface area contributed by atoms with Gasteiger partial charge in [-0.25, -0.2) is 4.98 Å². The number of likely N-dealkylation sites (N-methyl/N-ethyl adjacent to an activating group) is 1. The van der Waals surface area contributed by atoms with Crippen LogP contribution in [0.3, 0.4) is 0 Å². The molecule has 0 radical (unpaired) electrons. The van der Waals surface area contributed by atoms with Crippen LogP contribution in [0.2, 0.25) is 0 Å². The number of pyridine rings is 1. The molecule has 0 aromatic carbocycles. The minimum absolute atomic E-state index is 0.665. The highest BCUT2D eigenvalue weighted by atomic mass is 15.2. The summed E-state index contributed by atoms with van der Waals surface area (Å²) in [5.41, 5.74) is 2.25. The molecule has 1 aromatic rings. The molecule has 1 aromatic heterocycles. The van der Waals surface area contributed by atoms with Crippen LogP contribution >= 0.6 is 0 Å². The van der Waals surface area contributed by atoms with Crippen molar-refractivity contribution >= 4 is 5.82 Å². The molecule has 106 valence electrons. The van der Waals surface area contributed by atoms with Gasteiger partial charge in [-0.2, -0.15) is 0 Å². The van der Waals surface area contributed by atoms with E-state index in [9.17, 15) is 0 Å². The summed E-state index contributed by atoms with van der Waals surface area (Å²) in [4.78, 5) is 6.96. The number of nitrogens with one attached hydrogen (secondary N) is 1. The van der Waals surface area contributed by atoms with E-state index in [4.69, 9.17) is 4.98 Å². The summed E-state index contributed by atoms with van der Waals surface area (Å²) in [5.74, 6) is 1.70. The van der Waals surface area contributed by atoms with E-state index in [0.717, 1.165) is 43.3 Å². The van der Waals surface area contributed by atoms with E-state index in [2.05, 4.69) is 62.7 Å². The summed E-state index contributed by atoms with van der Waals surface area (Å²) < 4.78 is 0. The quantitative estimate of drug-likeness (QED) is 0.728. The van der Waals surface area contributed by atoms with Crippen molar-refractivity contribution < 1.29 is 0 Å². The van der Waals surface area contributed by atoms with Crippen LogP contribution in [0.15, 0.2) is 30.4 Å². The number of aromatic nitrogens is 1. The van der Waals surface area contributed by atoms with Crippen LogP contribution < -0.4 is 10.2 Å². The average Bonchev–Trinajstić information content (AvgIpc) is 2.35. The molecular formula is C16H27N3. The van der Waals surface area contributed by atoms with E-state index in [-0.39, 0.29) is 0 Å². The zero-order valence-electron chi connectivity index (χ0n) is 12.7. The molecule has 19 heavy (non-hydrogen) atoms. The molecular weight excluding hydrogens is 234 g/mol. The fourth-order valence-electron chi connectivity index (χ4n) is 1.91. The first-order valence-electron chi connectivity index (χ1n) is 7.09. The first kappa shape index (κ1) is 15.7. The molecule has 1 N–H and O–H groups in total. The van der Waals surface area contributed by atoms with Gasteiger partial charge in [-0.15, -0.1) is 0 Å². The maximum absolute atomic E-state index is 4.72. The predicted molar refractivity (Wildman–Crippen MR) is 83.5 cm³/mol. The van der Waals surface area contributed by atoms with Crippen LogP contribution in [-0.2, 0) is 6.54 Å². The molecule has 0 aliphatic carbocycles. The Hall–Kier alpha value is -1.35. The molecule has 1 heterocycles. The van der Waals surface area contributed by atoms with Crippen LogP contribution in [0.1, 0.15) is 33.4 Å². The van der Waals surface area contributed by atoms with Gasteiger partial charge >= 0.3 is 0 Å². The van der Waals surface area contributed by atoms with Gasteiger partial charge in [-0.3, -0.25) is 0 Å². The molecule has 3 nitrogen and oxygen atoms in total. The zero-order valence-corrected chi connectivity index (χ0v) is 12.7. The Bertz CT molecular complexity index is 399. The second kappa shape index (κ2) is 7.95. The Morgan fingerprint density at radius 1 is 1.42 bits per heavy atom. The first-order valence-corrected chi connectivity index (χ1v) is 7.09. The average molecular weight is 261 g/mol. The molecule has 0 fully saturated rings. The lowest BCUT2D eigenvalue weighted by molar-refractivity contribution is 0.548. The highest BCUT2D eigenvalue weighted by Crippen LogP contribution is 2.12. The van der Waals surface area contributed by atoms with E-state index in [1.165, 1.54) is 0 Å². The van der Waals surface area contributed by atoms with Crippen molar-refractivity contribution in [3.8, 4) is 0 Å². The molecule has 0 saturated carbocycles. The lowest BCUT2D eigenvalue weighted by atomic mass is 10.2. The third-order valence-electron chi connectivity index (χ3n) is 2.82. The van der Waals surface area contributed by atoms with E-state index >= 15 is 0 Å². The van der Waals surface area contributed by atoms with Crippen molar-refractivity contribution in [2.24, 2.45) is 5.92 Å². The van der Waals surface area contributed by atoms with Crippen LogP contribution in [0.25, 0.3) is 0 Å². The van der Waals surface area contributed by atoms with Crippen molar-refractivity contribution in [1.82, 2.24) is 10.3 Å². The molecule has 0 bridgehead atoms. The summed E-state index contributed by atoms with van der Waals surface area (Å²) in [6, 6.07) is 6.22. The third-order valence-corrected chi connectivity index (χ3v) is 2.82. The maximum Gasteiger partial charge on any atom is 0.129 e. The lowest BCUT2D eigenvalue weighted by Gasteiger charge is -2.22. The fourth-order valence-corrected chi connectivity index (χ4v) is 1.91. The largest absolute Gasteiger partial charge is 0.353 e. The molecule has 0 aliphatic heterocycles. The Morgan fingerprint density at radius 2 is 2.16 bits per heavy atom. The van der Waals surface area contributed by atoms with E-state index in [0.29, 0.717) is 5.92 Å². The number of nitrogens with zero attached hydrogens (tertiary/aromatic N) is 2. The SMILES string of the molecule is C=C(C)CN(CC)c1cccc(CNCC(C)C)n1. The van der Waals surface area contributed by atoms with E-state index in [1.54, 1.807) is 0 Å². The number of hydrogen-bond acceptors (Lipinski definition) is 3. The summed E-state index contributed by atoms with van der Waals surface area (Å²) >= 11 is 0. The number of rotatable bonds is 8. The van der Waals surface area contributed by atoms with Gasteiger partial charge < -0.3 is 10.2 Å². The van der Waals surface area contributed by atoms with Gasteiger partial charge in [-0.1, -0.05) is 32.1 Å². The molecule has 0 spiro atoms. The van der Waals surface area contributed by atoms with Crippen LogP contribution in [-0.4, -0.2) is 24.6 Å². The highest BCUT2D eigenvalue weighted by Gasteiger charge is 2.06. The van der Waals surface area contributed by atoms with Crippen LogP contribution in [0, 0.1) is 5.92 Å².